The second-order valence-electron chi connectivity index (χ2n) is 6.24. The van der Waals surface area contributed by atoms with Crippen molar-refractivity contribution in [3.63, 3.8) is 0 Å². The van der Waals surface area contributed by atoms with Gasteiger partial charge in [-0.15, -0.1) is 12.4 Å². The molecule has 0 radical (unpaired) electrons. The molecule has 1 heterocycles. The first-order valence-electron chi connectivity index (χ1n) is 8.61. The molecule has 138 valence electrons. The topological polar surface area (TPSA) is 24.4 Å². The third kappa shape index (κ3) is 4.95. The standard InChI is InChI=1S/C22H19BrN2S.ClH/c23-19-13-7-8-16(14-19)15-26-22-24-20(17-9-3-1-4-10-17)21(25-22)18-11-5-2-6-12-18;/h1-14,20-21H,15H2,(H,24,25);1H. The quantitative estimate of drug-likeness (QED) is 0.478. The van der Waals surface area contributed by atoms with E-state index in [-0.39, 0.29) is 24.5 Å². The van der Waals surface area contributed by atoms with Gasteiger partial charge in [0.05, 0.1) is 6.04 Å². The van der Waals surface area contributed by atoms with Gasteiger partial charge in [-0.2, -0.15) is 0 Å². The summed E-state index contributed by atoms with van der Waals surface area (Å²) in [5.41, 5.74) is 3.79. The maximum absolute atomic E-state index is 5.01. The Labute approximate surface area is 179 Å². The number of rotatable bonds is 4. The Morgan fingerprint density at radius 3 is 2.19 bits per heavy atom. The highest BCUT2D eigenvalue weighted by atomic mass is 79.9. The van der Waals surface area contributed by atoms with E-state index in [2.05, 4.69) is 106 Å². The van der Waals surface area contributed by atoms with E-state index >= 15 is 0 Å². The molecule has 0 aliphatic carbocycles. The highest BCUT2D eigenvalue weighted by Crippen LogP contribution is 2.38. The lowest BCUT2D eigenvalue weighted by molar-refractivity contribution is 0.573. The van der Waals surface area contributed by atoms with E-state index < -0.39 is 0 Å². The van der Waals surface area contributed by atoms with Crippen LogP contribution in [0.15, 0.2) is 94.4 Å². The third-order valence-corrected chi connectivity index (χ3v) is 5.88. The summed E-state index contributed by atoms with van der Waals surface area (Å²) < 4.78 is 1.11. The fourth-order valence-electron chi connectivity index (χ4n) is 3.15. The van der Waals surface area contributed by atoms with Gasteiger partial charge in [0, 0.05) is 10.2 Å². The molecule has 0 spiro atoms. The molecule has 2 nitrogen and oxygen atoms in total. The van der Waals surface area contributed by atoms with Crippen LogP contribution in [0, 0.1) is 0 Å². The molecule has 4 rings (SSSR count). The molecule has 3 aromatic carbocycles. The number of hydrogen-bond acceptors (Lipinski definition) is 3. The van der Waals surface area contributed by atoms with Gasteiger partial charge in [0.25, 0.3) is 0 Å². The molecule has 1 aliphatic heterocycles. The minimum Gasteiger partial charge on any atom is -0.356 e. The van der Waals surface area contributed by atoms with Crippen LogP contribution < -0.4 is 5.32 Å². The van der Waals surface area contributed by atoms with Crippen molar-refractivity contribution < 1.29 is 0 Å². The lowest BCUT2D eigenvalue weighted by atomic mass is 9.95. The van der Waals surface area contributed by atoms with Gasteiger partial charge in [-0.3, -0.25) is 4.99 Å². The minimum atomic E-state index is 0. The summed E-state index contributed by atoms with van der Waals surface area (Å²) in [5, 5.41) is 4.65. The molecule has 0 saturated heterocycles. The van der Waals surface area contributed by atoms with Crippen molar-refractivity contribution in [1.29, 1.82) is 0 Å². The van der Waals surface area contributed by atoms with Crippen LogP contribution in [-0.4, -0.2) is 5.17 Å². The van der Waals surface area contributed by atoms with Crippen molar-refractivity contribution in [3.05, 3.63) is 106 Å². The van der Waals surface area contributed by atoms with Crippen molar-refractivity contribution in [2.24, 2.45) is 4.99 Å². The summed E-state index contributed by atoms with van der Waals surface area (Å²) in [6.45, 7) is 0. The van der Waals surface area contributed by atoms with Crippen LogP contribution in [0.4, 0.5) is 0 Å². The molecule has 2 unspecified atom stereocenters. The van der Waals surface area contributed by atoms with Crippen LogP contribution in [-0.2, 0) is 5.75 Å². The van der Waals surface area contributed by atoms with Crippen LogP contribution in [0.1, 0.15) is 28.8 Å². The number of hydrogen-bond donors (Lipinski definition) is 1. The number of thioether (sulfide) groups is 1. The maximum atomic E-state index is 5.01. The fourth-order valence-corrected chi connectivity index (χ4v) is 4.48. The predicted octanol–water partition coefficient (Wildman–Crippen LogP) is 6.55. The van der Waals surface area contributed by atoms with Gasteiger partial charge in [-0.1, -0.05) is 100 Å². The fraction of sp³-hybridized carbons (Fsp3) is 0.136. The molecule has 3 aromatic rings. The highest BCUT2D eigenvalue weighted by Gasteiger charge is 2.31. The van der Waals surface area contributed by atoms with Crippen molar-refractivity contribution in [2.75, 3.05) is 0 Å². The smallest absolute Gasteiger partial charge is 0.158 e. The van der Waals surface area contributed by atoms with E-state index in [0.717, 1.165) is 15.4 Å². The summed E-state index contributed by atoms with van der Waals surface area (Å²) in [4.78, 5) is 5.01. The largest absolute Gasteiger partial charge is 0.356 e. The molecular formula is C22H20BrClN2S. The number of nitrogens with zero attached hydrogens (tertiary/aromatic N) is 1. The molecule has 1 N–H and O–H groups in total. The number of amidine groups is 1. The van der Waals surface area contributed by atoms with Crippen LogP contribution in [0.25, 0.3) is 0 Å². The maximum Gasteiger partial charge on any atom is 0.158 e. The average Bonchev–Trinajstić information content (AvgIpc) is 3.12. The Kier molecular flexibility index (Phi) is 7.00. The van der Waals surface area contributed by atoms with E-state index in [1.807, 2.05) is 0 Å². The van der Waals surface area contributed by atoms with Crippen molar-refractivity contribution in [2.45, 2.75) is 17.8 Å². The van der Waals surface area contributed by atoms with Crippen molar-refractivity contribution in [1.82, 2.24) is 5.32 Å². The lowest BCUT2D eigenvalue weighted by Crippen LogP contribution is -2.22. The van der Waals surface area contributed by atoms with Gasteiger partial charge in [-0.05, 0) is 28.8 Å². The Hall–Kier alpha value is -1.75. The molecule has 0 aromatic heterocycles. The van der Waals surface area contributed by atoms with Gasteiger partial charge in [-0.25, -0.2) is 0 Å². The van der Waals surface area contributed by atoms with Crippen molar-refractivity contribution >= 4 is 45.3 Å². The molecule has 2 atom stereocenters. The van der Waals surface area contributed by atoms with Crippen LogP contribution in [0.3, 0.4) is 0 Å². The summed E-state index contributed by atoms with van der Waals surface area (Å²) >= 11 is 5.30. The summed E-state index contributed by atoms with van der Waals surface area (Å²) in [7, 11) is 0. The van der Waals surface area contributed by atoms with E-state index in [0.29, 0.717) is 0 Å². The molecule has 27 heavy (non-hydrogen) atoms. The normalized spacial score (nSPS) is 18.3. The van der Waals surface area contributed by atoms with Gasteiger partial charge in [0.1, 0.15) is 6.04 Å². The first-order valence-corrected chi connectivity index (χ1v) is 10.4. The predicted molar refractivity (Wildman–Crippen MR) is 122 cm³/mol. The molecule has 0 saturated carbocycles. The van der Waals surface area contributed by atoms with Crippen LogP contribution >= 0.6 is 40.1 Å². The minimum absolute atomic E-state index is 0. The number of nitrogens with one attached hydrogen (secondary N) is 1. The first kappa shape index (κ1) is 20.0. The zero-order chi connectivity index (χ0) is 17.8. The molecule has 5 heteroatoms. The third-order valence-electron chi connectivity index (χ3n) is 4.42. The van der Waals surface area contributed by atoms with E-state index in [9.17, 15) is 0 Å². The van der Waals surface area contributed by atoms with Gasteiger partial charge >= 0.3 is 0 Å². The first-order chi connectivity index (χ1) is 12.8. The van der Waals surface area contributed by atoms with Gasteiger partial charge in [0.2, 0.25) is 0 Å². The average molecular weight is 460 g/mol. The Balaban J connectivity index is 0.00000210. The Morgan fingerprint density at radius 2 is 1.52 bits per heavy atom. The Morgan fingerprint density at radius 1 is 0.852 bits per heavy atom. The molecule has 0 amide bonds. The van der Waals surface area contributed by atoms with Gasteiger partial charge in [0.15, 0.2) is 5.17 Å². The zero-order valence-corrected chi connectivity index (χ0v) is 17.8. The van der Waals surface area contributed by atoms with E-state index in [1.165, 1.54) is 16.7 Å². The molecule has 1 aliphatic rings. The second kappa shape index (κ2) is 9.45. The lowest BCUT2D eigenvalue weighted by Gasteiger charge is -2.19. The van der Waals surface area contributed by atoms with Crippen molar-refractivity contribution in [3.8, 4) is 0 Å². The molecular weight excluding hydrogens is 440 g/mol. The zero-order valence-electron chi connectivity index (χ0n) is 14.6. The molecule has 0 fully saturated rings. The highest BCUT2D eigenvalue weighted by molar-refractivity contribution is 9.10. The number of benzene rings is 3. The summed E-state index contributed by atoms with van der Waals surface area (Å²) in [6, 6.07) is 29.8. The Bertz CT molecular complexity index is 902. The van der Waals surface area contributed by atoms with E-state index in [1.54, 1.807) is 11.8 Å². The van der Waals surface area contributed by atoms with Crippen LogP contribution in [0.2, 0.25) is 0 Å². The van der Waals surface area contributed by atoms with Gasteiger partial charge < -0.3 is 5.32 Å². The number of halogens is 2. The summed E-state index contributed by atoms with van der Waals surface area (Å²) in [5.74, 6) is 0.897. The SMILES string of the molecule is Brc1cccc(CSC2=NC(c3ccccc3)C(c3ccccc3)N2)c1.Cl. The monoisotopic (exact) mass is 458 g/mol. The number of aliphatic imine (C=N–C) groups is 1. The summed E-state index contributed by atoms with van der Waals surface area (Å²) in [6.07, 6.45) is 0. The van der Waals surface area contributed by atoms with Crippen LogP contribution in [0.5, 0.6) is 0 Å². The molecule has 0 bridgehead atoms. The second-order valence-corrected chi connectivity index (χ2v) is 8.12. The van der Waals surface area contributed by atoms with E-state index in [4.69, 9.17) is 4.99 Å².